The molecule has 1 unspecified atom stereocenters. The Balaban J connectivity index is 2.61. The predicted molar refractivity (Wildman–Crippen MR) is 61.1 cm³/mol. The summed E-state index contributed by atoms with van der Waals surface area (Å²) in [5.41, 5.74) is 1.24. The second-order valence-corrected chi connectivity index (χ2v) is 4.27. The fraction of sp³-hybridized carbons (Fsp3) is 0.636. The van der Waals surface area contributed by atoms with Gasteiger partial charge in [0.05, 0.1) is 0 Å². The molecule has 1 amide bonds. The summed E-state index contributed by atoms with van der Waals surface area (Å²) < 4.78 is 0. The number of nitrogens with one attached hydrogen (secondary N) is 2. The van der Waals surface area contributed by atoms with E-state index in [0.717, 1.165) is 5.69 Å². The normalized spacial score (nSPS) is 12.8. The lowest BCUT2D eigenvalue weighted by atomic mass is 10.0. The van der Waals surface area contributed by atoms with Crippen LogP contribution in [0.1, 0.15) is 36.5 Å². The SMILES string of the molecule is Cc1cc(C(=O)NC(CCO)C(C)C)n[nH]1. The molecule has 0 aromatic carbocycles. The second kappa shape index (κ2) is 5.65. The molecule has 0 aliphatic rings. The van der Waals surface area contributed by atoms with Crippen molar-refractivity contribution in [2.75, 3.05) is 6.61 Å². The topological polar surface area (TPSA) is 78.0 Å². The number of carbonyl (C=O) groups is 1. The molecule has 0 aliphatic carbocycles. The monoisotopic (exact) mass is 225 g/mol. The summed E-state index contributed by atoms with van der Waals surface area (Å²) >= 11 is 0. The van der Waals surface area contributed by atoms with Crippen LogP contribution < -0.4 is 5.32 Å². The fourth-order valence-electron chi connectivity index (χ4n) is 1.49. The van der Waals surface area contributed by atoms with Gasteiger partial charge in [-0.05, 0) is 25.3 Å². The van der Waals surface area contributed by atoms with Crippen molar-refractivity contribution in [2.24, 2.45) is 5.92 Å². The lowest BCUT2D eigenvalue weighted by Gasteiger charge is -2.20. The van der Waals surface area contributed by atoms with Crippen molar-refractivity contribution in [2.45, 2.75) is 33.2 Å². The first kappa shape index (κ1) is 12.7. The van der Waals surface area contributed by atoms with Gasteiger partial charge < -0.3 is 10.4 Å². The van der Waals surface area contributed by atoms with Gasteiger partial charge in [0, 0.05) is 18.3 Å². The third-order valence-corrected chi connectivity index (χ3v) is 2.50. The van der Waals surface area contributed by atoms with Gasteiger partial charge >= 0.3 is 0 Å². The molecule has 0 fully saturated rings. The first-order valence-electron chi connectivity index (χ1n) is 5.48. The number of rotatable bonds is 5. The summed E-state index contributed by atoms with van der Waals surface area (Å²) in [7, 11) is 0. The molecule has 1 aromatic heterocycles. The van der Waals surface area contributed by atoms with Gasteiger partial charge in [-0.15, -0.1) is 0 Å². The summed E-state index contributed by atoms with van der Waals surface area (Å²) in [6.07, 6.45) is 0.562. The van der Waals surface area contributed by atoms with Crippen LogP contribution in [0.25, 0.3) is 0 Å². The average Bonchev–Trinajstić information content (AvgIpc) is 2.64. The molecule has 5 heteroatoms. The lowest BCUT2D eigenvalue weighted by Crippen LogP contribution is -2.39. The number of hydrogen-bond acceptors (Lipinski definition) is 3. The van der Waals surface area contributed by atoms with E-state index in [1.807, 2.05) is 20.8 Å². The maximum absolute atomic E-state index is 11.8. The van der Waals surface area contributed by atoms with Gasteiger partial charge in [-0.3, -0.25) is 9.89 Å². The minimum Gasteiger partial charge on any atom is -0.396 e. The molecule has 90 valence electrons. The van der Waals surface area contributed by atoms with Gasteiger partial charge in [-0.2, -0.15) is 5.10 Å². The van der Waals surface area contributed by atoms with E-state index < -0.39 is 0 Å². The summed E-state index contributed by atoms with van der Waals surface area (Å²) in [6, 6.07) is 1.68. The van der Waals surface area contributed by atoms with Crippen LogP contribution in [-0.4, -0.2) is 33.9 Å². The first-order chi connectivity index (χ1) is 7.54. The van der Waals surface area contributed by atoms with Gasteiger partial charge in [0.2, 0.25) is 0 Å². The summed E-state index contributed by atoms with van der Waals surface area (Å²) in [5.74, 6) is 0.0904. The van der Waals surface area contributed by atoms with E-state index in [9.17, 15) is 4.79 Å². The number of carbonyl (C=O) groups excluding carboxylic acids is 1. The van der Waals surface area contributed by atoms with Crippen molar-refractivity contribution >= 4 is 5.91 Å². The zero-order chi connectivity index (χ0) is 12.1. The molecule has 1 atom stereocenters. The van der Waals surface area contributed by atoms with E-state index in [0.29, 0.717) is 12.1 Å². The fourth-order valence-corrected chi connectivity index (χ4v) is 1.49. The molecule has 5 nitrogen and oxygen atoms in total. The first-order valence-corrected chi connectivity index (χ1v) is 5.48. The zero-order valence-electron chi connectivity index (χ0n) is 9.95. The van der Waals surface area contributed by atoms with E-state index in [4.69, 9.17) is 5.11 Å². The Morgan fingerprint density at radius 3 is 2.75 bits per heavy atom. The maximum Gasteiger partial charge on any atom is 0.272 e. The van der Waals surface area contributed by atoms with Gasteiger partial charge in [0.1, 0.15) is 5.69 Å². The van der Waals surface area contributed by atoms with E-state index in [1.165, 1.54) is 0 Å². The molecule has 0 saturated carbocycles. The standard InChI is InChI=1S/C11H19N3O2/c1-7(2)9(4-5-15)12-11(16)10-6-8(3)13-14-10/h6-7,9,15H,4-5H2,1-3H3,(H,12,16)(H,13,14). The van der Waals surface area contributed by atoms with E-state index in [1.54, 1.807) is 6.07 Å². The van der Waals surface area contributed by atoms with Crippen LogP contribution in [0.2, 0.25) is 0 Å². The number of aromatic nitrogens is 2. The molecule has 16 heavy (non-hydrogen) atoms. The predicted octanol–water partition coefficient (Wildman–Crippen LogP) is 0.855. The van der Waals surface area contributed by atoms with Gasteiger partial charge in [0.15, 0.2) is 0 Å². The summed E-state index contributed by atoms with van der Waals surface area (Å²) in [5, 5.41) is 18.4. The van der Waals surface area contributed by atoms with Crippen LogP contribution in [0.15, 0.2) is 6.07 Å². The highest BCUT2D eigenvalue weighted by atomic mass is 16.3. The number of aryl methyl sites for hydroxylation is 1. The van der Waals surface area contributed by atoms with E-state index in [2.05, 4.69) is 15.5 Å². The third-order valence-electron chi connectivity index (χ3n) is 2.50. The van der Waals surface area contributed by atoms with Crippen molar-refractivity contribution < 1.29 is 9.90 Å². The van der Waals surface area contributed by atoms with Crippen molar-refractivity contribution in [3.05, 3.63) is 17.5 Å². The molecule has 1 aromatic rings. The molecule has 0 radical (unpaired) electrons. The molecular weight excluding hydrogens is 206 g/mol. The number of aliphatic hydroxyl groups is 1. The Hall–Kier alpha value is -1.36. The number of nitrogens with zero attached hydrogens (tertiary/aromatic N) is 1. The molecule has 1 heterocycles. The van der Waals surface area contributed by atoms with Crippen molar-refractivity contribution in [3.63, 3.8) is 0 Å². The van der Waals surface area contributed by atoms with Crippen LogP contribution in [0.4, 0.5) is 0 Å². The molecule has 0 spiro atoms. The largest absolute Gasteiger partial charge is 0.396 e. The second-order valence-electron chi connectivity index (χ2n) is 4.27. The van der Waals surface area contributed by atoms with E-state index >= 15 is 0 Å². The number of hydrogen-bond donors (Lipinski definition) is 3. The van der Waals surface area contributed by atoms with Gasteiger partial charge in [0.25, 0.3) is 5.91 Å². The molecule has 0 saturated heterocycles. The highest BCUT2D eigenvalue weighted by Gasteiger charge is 2.17. The number of H-pyrrole nitrogens is 1. The van der Waals surface area contributed by atoms with Crippen LogP contribution in [0, 0.1) is 12.8 Å². The third kappa shape index (κ3) is 3.34. The Morgan fingerprint density at radius 2 is 2.31 bits per heavy atom. The minimum atomic E-state index is -0.198. The Kier molecular flexibility index (Phi) is 4.49. The number of aromatic amines is 1. The number of aliphatic hydroxyl groups excluding tert-OH is 1. The summed E-state index contributed by atoms with van der Waals surface area (Å²) in [4.78, 5) is 11.8. The molecule has 1 rings (SSSR count). The van der Waals surface area contributed by atoms with Crippen LogP contribution in [0.3, 0.4) is 0 Å². The highest BCUT2D eigenvalue weighted by molar-refractivity contribution is 5.92. The van der Waals surface area contributed by atoms with Crippen LogP contribution in [-0.2, 0) is 0 Å². The van der Waals surface area contributed by atoms with Gasteiger partial charge in [-0.25, -0.2) is 0 Å². The Bertz CT molecular complexity index is 347. The molecule has 3 N–H and O–H groups in total. The Labute approximate surface area is 95.3 Å². The van der Waals surface area contributed by atoms with Crippen molar-refractivity contribution in [1.29, 1.82) is 0 Å². The quantitative estimate of drug-likeness (QED) is 0.695. The average molecular weight is 225 g/mol. The molecule has 0 bridgehead atoms. The zero-order valence-corrected chi connectivity index (χ0v) is 9.95. The maximum atomic E-state index is 11.8. The Morgan fingerprint density at radius 1 is 1.62 bits per heavy atom. The van der Waals surface area contributed by atoms with Gasteiger partial charge in [-0.1, -0.05) is 13.8 Å². The van der Waals surface area contributed by atoms with Crippen LogP contribution >= 0.6 is 0 Å². The van der Waals surface area contributed by atoms with Crippen molar-refractivity contribution in [1.82, 2.24) is 15.5 Å². The smallest absolute Gasteiger partial charge is 0.272 e. The molecular formula is C11H19N3O2. The minimum absolute atomic E-state index is 0.0190. The highest BCUT2D eigenvalue weighted by Crippen LogP contribution is 2.07. The van der Waals surface area contributed by atoms with Crippen LogP contribution in [0.5, 0.6) is 0 Å². The van der Waals surface area contributed by atoms with E-state index in [-0.39, 0.29) is 24.5 Å². The van der Waals surface area contributed by atoms with Crippen molar-refractivity contribution in [3.8, 4) is 0 Å². The summed E-state index contributed by atoms with van der Waals surface area (Å²) in [6.45, 7) is 5.94. The lowest BCUT2D eigenvalue weighted by molar-refractivity contribution is 0.0911. The number of amides is 1. The molecule has 0 aliphatic heterocycles.